The third kappa shape index (κ3) is 15.1. The van der Waals surface area contributed by atoms with Crippen molar-refractivity contribution in [3.63, 3.8) is 0 Å². The number of aliphatic hydroxyl groups excluding tert-OH is 1. The monoisotopic (exact) mass is 273 g/mol. The number of carboxylic acid groups (broad SMARTS) is 1. The first kappa shape index (κ1) is 18.5. The molecule has 0 aliphatic rings. The zero-order valence-electron chi connectivity index (χ0n) is 10.3. The van der Waals surface area contributed by atoms with Crippen molar-refractivity contribution in [1.82, 2.24) is 0 Å². The van der Waals surface area contributed by atoms with Crippen LogP contribution in [0.25, 0.3) is 0 Å². The Morgan fingerprint density at radius 2 is 1.82 bits per heavy atom. The maximum atomic E-state index is 10.0. The second kappa shape index (κ2) is 7.43. The average molecular weight is 273 g/mol. The van der Waals surface area contributed by atoms with Gasteiger partial charge in [-0.25, -0.2) is 0 Å². The van der Waals surface area contributed by atoms with Crippen LogP contribution in [-0.4, -0.2) is 68.4 Å². The molecule has 2 N–H and O–H groups in total. The smallest absolute Gasteiger partial charge is 0.285 e. The highest BCUT2D eigenvalue weighted by molar-refractivity contribution is 7.86. The van der Waals surface area contributed by atoms with Crippen molar-refractivity contribution in [2.45, 2.75) is 12.4 Å². The third-order valence-electron chi connectivity index (χ3n) is 1.45. The van der Waals surface area contributed by atoms with Crippen molar-refractivity contribution in [2.75, 3.05) is 34.3 Å². The van der Waals surface area contributed by atoms with Crippen molar-refractivity contribution in [1.29, 1.82) is 0 Å². The Morgan fingerprint density at radius 3 is 1.88 bits per heavy atom. The van der Waals surface area contributed by atoms with Crippen LogP contribution < -0.4 is 5.11 Å². The Kier molecular flexibility index (Phi) is 8.07. The summed E-state index contributed by atoms with van der Waals surface area (Å²) in [6.07, 6.45) is -2.00. The van der Waals surface area contributed by atoms with Gasteiger partial charge in [0.15, 0.2) is 5.44 Å². The lowest BCUT2D eigenvalue weighted by atomic mass is 10.5. The van der Waals surface area contributed by atoms with Crippen LogP contribution in [0.3, 0.4) is 0 Å². The minimum atomic E-state index is -4.44. The zero-order chi connectivity index (χ0) is 14.3. The molecule has 1 atom stereocenters. The molecule has 0 bridgehead atoms. The fourth-order valence-electron chi connectivity index (χ4n) is 0.496. The van der Waals surface area contributed by atoms with Gasteiger partial charge in [0.25, 0.3) is 16.3 Å². The molecule has 0 aromatic carbocycles. The van der Waals surface area contributed by atoms with Crippen LogP contribution in [0, 0.1) is 0 Å². The van der Waals surface area contributed by atoms with E-state index in [2.05, 4.69) is 25.9 Å². The summed E-state index contributed by atoms with van der Waals surface area (Å²) < 4.78 is 32.5. The number of hydrogen-bond donors (Lipinski definition) is 2. The quantitative estimate of drug-likeness (QED) is 0.354. The number of aliphatic hydroxyl groups is 1. The number of carbonyl (C=O) groups is 1. The Labute approximate surface area is 101 Å². The Balaban J connectivity index is 0. The predicted octanol–water partition coefficient (Wildman–Crippen LogP) is -1.73. The second-order valence-corrected chi connectivity index (χ2v) is 5.88. The molecule has 8 nitrogen and oxygen atoms in total. The standard InChI is InChI=1S/C5H14NO.C3H6O6S/c1-6(2,3)4-5-7;1-2(9-3(4)5)10(6,7)8/h7H,4-5H2,1-3H3;2H,1H3,(H,4,5)(H,6,7,8)/q+1;/p-1. The first-order chi connectivity index (χ1) is 7.40. The van der Waals surface area contributed by atoms with Crippen molar-refractivity contribution in [3.05, 3.63) is 0 Å². The molecule has 0 amide bonds. The van der Waals surface area contributed by atoms with E-state index in [1.165, 1.54) is 0 Å². The summed E-state index contributed by atoms with van der Waals surface area (Å²) in [5.74, 6) is 0. The van der Waals surface area contributed by atoms with Gasteiger partial charge >= 0.3 is 0 Å². The van der Waals surface area contributed by atoms with E-state index in [0.29, 0.717) is 0 Å². The molecule has 1 unspecified atom stereocenters. The number of hydrogen-bond acceptors (Lipinski definition) is 6. The minimum absolute atomic E-state index is 0.281. The summed E-state index contributed by atoms with van der Waals surface area (Å²) in [6.45, 7) is 1.98. The van der Waals surface area contributed by atoms with Crippen LogP contribution in [0.15, 0.2) is 0 Å². The number of ether oxygens (including phenoxy) is 1. The lowest BCUT2D eigenvalue weighted by molar-refractivity contribution is -0.870. The van der Waals surface area contributed by atoms with Crippen molar-refractivity contribution >= 4 is 16.3 Å². The largest absolute Gasteiger partial charge is 0.528 e. The molecule has 104 valence electrons. The van der Waals surface area contributed by atoms with Gasteiger partial charge in [0.05, 0.1) is 27.7 Å². The van der Waals surface area contributed by atoms with E-state index in [1.807, 2.05) is 0 Å². The van der Waals surface area contributed by atoms with Crippen molar-refractivity contribution < 1.29 is 37.2 Å². The summed E-state index contributed by atoms with van der Waals surface area (Å²) in [4.78, 5) is 9.55. The van der Waals surface area contributed by atoms with E-state index in [1.54, 1.807) is 0 Å². The molecular formula is C8H19NO7S. The van der Waals surface area contributed by atoms with Gasteiger partial charge in [-0.15, -0.1) is 0 Å². The summed E-state index contributed by atoms with van der Waals surface area (Å²) in [6, 6.07) is 0. The molecule has 9 heteroatoms. The molecule has 0 aliphatic carbocycles. The maximum Gasteiger partial charge on any atom is 0.285 e. The molecule has 17 heavy (non-hydrogen) atoms. The van der Waals surface area contributed by atoms with E-state index in [0.717, 1.165) is 18.0 Å². The van der Waals surface area contributed by atoms with Crippen molar-refractivity contribution in [2.24, 2.45) is 0 Å². The van der Waals surface area contributed by atoms with E-state index in [9.17, 15) is 18.3 Å². The molecule has 0 rings (SSSR count). The Hall–Kier alpha value is -0.900. The highest BCUT2D eigenvalue weighted by Gasteiger charge is 2.14. The van der Waals surface area contributed by atoms with Crippen LogP contribution in [0.4, 0.5) is 4.79 Å². The van der Waals surface area contributed by atoms with Gasteiger partial charge in [0.1, 0.15) is 6.54 Å². The van der Waals surface area contributed by atoms with Crippen LogP contribution >= 0.6 is 0 Å². The Bertz CT molecular complexity index is 319. The molecule has 0 aromatic heterocycles. The molecule has 0 radical (unpaired) electrons. The molecule has 0 fully saturated rings. The van der Waals surface area contributed by atoms with Gasteiger partial charge in [-0.1, -0.05) is 0 Å². The molecule has 0 spiro atoms. The number of likely N-dealkylation sites (N-methyl/N-ethyl adjacent to an activating group) is 1. The normalized spacial score (nSPS) is 13.3. The predicted molar refractivity (Wildman–Crippen MR) is 57.5 cm³/mol. The zero-order valence-corrected chi connectivity index (χ0v) is 11.1. The van der Waals surface area contributed by atoms with Crippen LogP contribution in [-0.2, 0) is 14.9 Å². The van der Waals surface area contributed by atoms with Crippen LogP contribution in [0.5, 0.6) is 0 Å². The summed E-state index contributed by atoms with van der Waals surface area (Å²) in [5.41, 5.74) is -1.79. The number of nitrogens with zero attached hydrogens (tertiary/aromatic N) is 1. The highest BCUT2D eigenvalue weighted by atomic mass is 32.2. The minimum Gasteiger partial charge on any atom is -0.528 e. The SMILES string of the molecule is CC(OC(=O)[O-])S(=O)(=O)O.C[N+](C)(C)CCO. The molecule has 0 saturated carbocycles. The van der Waals surface area contributed by atoms with Gasteiger partial charge in [0, 0.05) is 0 Å². The Morgan fingerprint density at radius 1 is 1.41 bits per heavy atom. The molecule has 0 saturated heterocycles. The van der Waals surface area contributed by atoms with Gasteiger partial charge in [-0.3, -0.25) is 4.55 Å². The van der Waals surface area contributed by atoms with E-state index < -0.39 is 21.7 Å². The number of rotatable bonds is 4. The fourth-order valence-corrected chi connectivity index (χ4v) is 0.696. The van der Waals surface area contributed by atoms with Crippen LogP contribution in [0.1, 0.15) is 6.92 Å². The third-order valence-corrected chi connectivity index (χ3v) is 2.39. The summed E-state index contributed by atoms with van der Waals surface area (Å²) >= 11 is 0. The molecular weight excluding hydrogens is 254 g/mol. The molecule has 0 aromatic rings. The lowest BCUT2D eigenvalue weighted by Crippen LogP contribution is -2.36. The van der Waals surface area contributed by atoms with Crippen molar-refractivity contribution in [3.8, 4) is 0 Å². The van der Waals surface area contributed by atoms with Crippen LogP contribution in [0.2, 0.25) is 0 Å². The summed E-state index contributed by atoms with van der Waals surface area (Å²) in [5, 5.41) is 17.9. The van der Waals surface area contributed by atoms with E-state index >= 15 is 0 Å². The highest BCUT2D eigenvalue weighted by Crippen LogP contribution is 1.97. The molecule has 0 heterocycles. The van der Waals surface area contributed by atoms with Gasteiger partial charge in [-0.2, -0.15) is 8.42 Å². The topological polar surface area (TPSA) is 124 Å². The number of carbonyl (C=O) groups excluding carboxylic acids is 1. The van der Waals surface area contributed by atoms with E-state index in [4.69, 9.17) is 9.66 Å². The van der Waals surface area contributed by atoms with Gasteiger partial charge < -0.3 is 24.2 Å². The first-order valence-corrected chi connectivity index (χ1v) is 6.15. The molecule has 0 aliphatic heterocycles. The summed E-state index contributed by atoms with van der Waals surface area (Å²) in [7, 11) is 1.71. The average Bonchev–Trinajstić information content (AvgIpc) is 1.99. The van der Waals surface area contributed by atoms with Gasteiger partial charge in [0.2, 0.25) is 0 Å². The number of quaternary nitrogens is 1. The maximum absolute atomic E-state index is 10.0. The lowest BCUT2D eigenvalue weighted by Gasteiger charge is -2.21. The first-order valence-electron chi connectivity index (χ1n) is 4.65. The second-order valence-electron chi connectivity index (χ2n) is 4.19. The van der Waals surface area contributed by atoms with E-state index in [-0.39, 0.29) is 6.61 Å². The van der Waals surface area contributed by atoms with Gasteiger partial charge in [-0.05, 0) is 6.92 Å². The fraction of sp³-hybridized carbons (Fsp3) is 0.875.